The van der Waals surface area contributed by atoms with Crippen LogP contribution in [0.1, 0.15) is 18.0 Å². The summed E-state index contributed by atoms with van der Waals surface area (Å²) in [6.07, 6.45) is 2.06. The average molecular weight is 244 g/mol. The molecule has 0 aliphatic carbocycles. The number of pyridine rings is 1. The minimum Gasteiger partial charge on any atom is -0.481 e. The van der Waals surface area contributed by atoms with Gasteiger partial charge in [-0.25, -0.2) is 0 Å². The van der Waals surface area contributed by atoms with Crippen molar-refractivity contribution in [2.24, 2.45) is 0 Å². The van der Waals surface area contributed by atoms with E-state index in [1.807, 2.05) is 24.3 Å². The van der Waals surface area contributed by atoms with Gasteiger partial charge in [-0.2, -0.15) is 0 Å². The Morgan fingerprint density at radius 2 is 2.28 bits per heavy atom. The smallest absolute Gasteiger partial charge is 0.305 e. The van der Waals surface area contributed by atoms with Crippen LogP contribution >= 0.6 is 0 Å². The van der Waals surface area contributed by atoms with Gasteiger partial charge in [-0.1, -0.05) is 12.1 Å². The first kappa shape index (κ1) is 12.0. The summed E-state index contributed by atoms with van der Waals surface area (Å²) in [7, 11) is 0. The third-order valence-electron chi connectivity index (χ3n) is 2.68. The first-order valence-electron chi connectivity index (χ1n) is 5.47. The summed E-state index contributed by atoms with van der Waals surface area (Å²) in [5.74, 6) is -0.958. The van der Waals surface area contributed by atoms with E-state index < -0.39 is 12.0 Å². The van der Waals surface area contributed by atoms with E-state index in [-0.39, 0.29) is 6.42 Å². The summed E-state index contributed by atoms with van der Waals surface area (Å²) < 4.78 is 0. The Morgan fingerprint density at radius 3 is 3.00 bits per heavy atom. The molecule has 0 saturated carbocycles. The molecule has 5 heteroatoms. The quantitative estimate of drug-likeness (QED) is 0.781. The minimum atomic E-state index is -0.958. The van der Waals surface area contributed by atoms with Crippen LogP contribution in [-0.4, -0.2) is 22.5 Å². The minimum absolute atomic E-state index is 0.148. The zero-order valence-electron chi connectivity index (χ0n) is 9.54. The lowest BCUT2D eigenvalue weighted by Gasteiger charge is -2.14. The second kappa shape index (κ2) is 5.27. The third-order valence-corrected chi connectivity index (χ3v) is 2.68. The van der Waals surface area contributed by atoms with Crippen LogP contribution in [0.15, 0.2) is 36.5 Å². The number of carbonyl (C=O) groups excluding carboxylic acids is 1. The molecule has 1 aromatic carbocycles. The SMILES string of the molecule is O=CN[C@@H](CC(=O)O)c1ccc2ncccc2c1. The number of carbonyl (C=O) groups is 2. The number of carboxylic acid groups (broad SMARTS) is 1. The highest BCUT2D eigenvalue weighted by molar-refractivity contribution is 5.79. The number of aliphatic carboxylic acids is 1. The Bertz CT molecular complexity index is 583. The van der Waals surface area contributed by atoms with Crippen molar-refractivity contribution in [3.8, 4) is 0 Å². The monoisotopic (exact) mass is 244 g/mol. The molecule has 0 saturated heterocycles. The zero-order valence-corrected chi connectivity index (χ0v) is 9.54. The number of nitrogens with one attached hydrogen (secondary N) is 1. The van der Waals surface area contributed by atoms with Crippen molar-refractivity contribution < 1.29 is 14.7 Å². The van der Waals surface area contributed by atoms with Crippen LogP contribution in [0.3, 0.4) is 0 Å². The maximum absolute atomic E-state index is 10.8. The Morgan fingerprint density at radius 1 is 1.44 bits per heavy atom. The molecule has 1 amide bonds. The van der Waals surface area contributed by atoms with Gasteiger partial charge < -0.3 is 10.4 Å². The van der Waals surface area contributed by atoms with Gasteiger partial charge in [0.05, 0.1) is 18.0 Å². The highest BCUT2D eigenvalue weighted by Gasteiger charge is 2.14. The van der Waals surface area contributed by atoms with E-state index in [1.54, 1.807) is 12.3 Å². The highest BCUT2D eigenvalue weighted by Crippen LogP contribution is 2.21. The Labute approximate surface area is 103 Å². The topological polar surface area (TPSA) is 79.3 Å². The number of fused-ring (bicyclic) bond motifs is 1. The molecule has 0 spiro atoms. The Balaban J connectivity index is 2.37. The lowest BCUT2D eigenvalue weighted by Crippen LogP contribution is -2.22. The molecule has 2 aromatic rings. The standard InChI is InChI=1S/C13H12N2O3/c16-8-15-12(7-13(17)18)10-3-4-11-9(6-10)2-1-5-14-11/h1-6,8,12H,7H2,(H,15,16)(H,17,18)/t12-/m0/s1. The van der Waals surface area contributed by atoms with Gasteiger partial charge in [0.15, 0.2) is 0 Å². The van der Waals surface area contributed by atoms with E-state index in [0.717, 1.165) is 16.5 Å². The molecular formula is C13H12N2O3. The number of hydrogen-bond acceptors (Lipinski definition) is 3. The normalized spacial score (nSPS) is 12.0. The number of hydrogen-bond donors (Lipinski definition) is 2. The molecule has 92 valence electrons. The number of benzene rings is 1. The molecule has 2 rings (SSSR count). The largest absolute Gasteiger partial charge is 0.481 e. The summed E-state index contributed by atoms with van der Waals surface area (Å²) in [5.41, 5.74) is 1.59. The molecule has 0 aliphatic rings. The molecule has 5 nitrogen and oxygen atoms in total. The second-order valence-corrected chi connectivity index (χ2v) is 3.89. The van der Waals surface area contributed by atoms with Crippen LogP contribution in [0.2, 0.25) is 0 Å². The lowest BCUT2D eigenvalue weighted by atomic mass is 10.0. The molecule has 2 N–H and O–H groups in total. The first-order valence-corrected chi connectivity index (χ1v) is 5.47. The molecule has 0 fully saturated rings. The van der Waals surface area contributed by atoms with Crippen LogP contribution in [0.4, 0.5) is 0 Å². The Kier molecular flexibility index (Phi) is 3.52. The number of amides is 1. The maximum atomic E-state index is 10.8. The van der Waals surface area contributed by atoms with E-state index in [9.17, 15) is 9.59 Å². The van der Waals surface area contributed by atoms with E-state index in [2.05, 4.69) is 10.3 Å². The number of carboxylic acids is 1. The number of nitrogens with zero attached hydrogens (tertiary/aromatic N) is 1. The predicted molar refractivity (Wildman–Crippen MR) is 65.9 cm³/mol. The van der Waals surface area contributed by atoms with Gasteiger partial charge in [0, 0.05) is 11.6 Å². The average Bonchev–Trinajstić information content (AvgIpc) is 2.37. The van der Waals surface area contributed by atoms with Gasteiger partial charge in [0.2, 0.25) is 6.41 Å². The summed E-state index contributed by atoms with van der Waals surface area (Å²) in [4.78, 5) is 25.5. The van der Waals surface area contributed by atoms with E-state index in [1.165, 1.54) is 0 Å². The van der Waals surface area contributed by atoms with Crippen LogP contribution in [0, 0.1) is 0 Å². The van der Waals surface area contributed by atoms with Gasteiger partial charge >= 0.3 is 5.97 Å². The second-order valence-electron chi connectivity index (χ2n) is 3.89. The molecule has 0 radical (unpaired) electrons. The van der Waals surface area contributed by atoms with E-state index in [4.69, 9.17) is 5.11 Å². The number of aromatic nitrogens is 1. The number of rotatable bonds is 5. The molecule has 0 unspecified atom stereocenters. The fraction of sp³-hybridized carbons (Fsp3) is 0.154. The van der Waals surface area contributed by atoms with Gasteiger partial charge in [0.1, 0.15) is 0 Å². The van der Waals surface area contributed by atoms with Crippen LogP contribution in [0.25, 0.3) is 10.9 Å². The van der Waals surface area contributed by atoms with E-state index in [0.29, 0.717) is 6.41 Å². The van der Waals surface area contributed by atoms with E-state index >= 15 is 0 Å². The summed E-state index contributed by atoms with van der Waals surface area (Å²) >= 11 is 0. The Hall–Kier alpha value is -2.43. The fourth-order valence-electron chi connectivity index (χ4n) is 1.84. The highest BCUT2D eigenvalue weighted by atomic mass is 16.4. The summed E-state index contributed by atoms with van der Waals surface area (Å²) in [6, 6.07) is 8.61. The lowest BCUT2D eigenvalue weighted by molar-refractivity contribution is -0.137. The van der Waals surface area contributed by atoms with Crippen molar-refractivity contribution in [2.75, 3.05) is 0 Å². The van der Waals surface area contributed by atoms with Crippen molar-refractivity contribution >= 4 is 23.3 Å². The molecule has 18 heavy (non-hydrogen) atoms. The van der Waals surface area contributed by atoms with Crippen LogP contribution in [0.5, 0.6) is 0 Å². The molecule has 1 aromatic heterocycles. The van der Waals surface area contributed by atoms with Crippen molar-refractivity contribution in [2.45, 2.75) is 12.5 Å². The van der Waals surface area contributed by atoms with Crippen molar-refractivity contribution in [3.05, 3.63) is 42.1 Å². The van der Waals surface area contributed by atoms with Crippen molar-refractivity contribution in [1.82, 2.24) is 10.3 Å². The molecule has 1 atom stereocenters. The van der Waals surface area contributed by atoms with Crippen molar-refractivity contribution in [1.29, 1.82) is 0 Å². The zero-order chi connectivity index (χ0) is 13.0. The van der Waals surface area contributed by atoms with Crippen molar-refractivity contribution in [3.63, 3.8) is 0 Å². The van der Waals surface area contributed by atoms with Crippen LogP contribution in [-0.2, 0) is 9.59 Å². The first-order chi connectivity index (χ1) is 8.70. The fourth-order valence-corrected chi connectivity index (χ4v) is 1.84. The predicted octanol–water partition coefficient (Wildman–Crippen LogP) is 1.50. The summed E-state index contributed by atoms with van der Waals surface area (Å²) in [6.45, 7) is 0. The van der Waals surface area contributed by atoms with Gasteiger partial charge in [-0.15, -0.1) is 0 Å². The molecular weight excluding hydrogens is 232 g/mol. The van der Waals surface area contributed by atoms with Gasteiger partial charge in [-0.3, -0.25) is 14.6 Å². The molecule has 1 heterocycles. The van der Waals surface area contributed by atoms with Gasteiger partial charge in [-0.05, 0) is 23.8 Å². The third kappa shape index (κ3) is 2.63. The summed E-state index contributed by atoms with van der Waals surface area (Å²) in [5, 5.41) is 12.2. The molecule has 0 bridgehead atoms. The van der Waals surface area contributed by atoms with Crippen LogP contribution < -0.4 is 5.32 Å². The van der Waals surface area contributed by atoms with Gasteiger partial charge in [0.25, 0.3) is 0 Å². The molecule has 0 aliphatic heterocycles. The maximum Gasteiger partial charge on any atom is 0.305 e.